The molecule has 0 radical (unpaired) electrons. The van der Waals surface area contributed by atoms with E-state index in [0.29, 0.717) is 0 Å². The molecule has 0 amide bonds. The van der Waals surface area contributed by atoms with Crippen molar-refractivity contribution < 1.29 is 4.42 Å². The maximum atomic E-state index is 6.01. The highest BCUT2D eigenvalue weighted by atomic mass is 16.3. The predicted molar refractivity (Wildman–Crippen MR) is 481 cm³/mol. The first kappa shape index (κ1) is 71.1. The lowest BCUT2D eigenvalue weighted by molar-refractivity contribution is 0.669. The van der Waals surface area contributed by atoms with E-state index in [9.17, 15) is 0 Å². The van der Waals surface area contributed by atoms with Gasteiger partial charge in [0.15, 0.2) is 0 Å². The Bertz CT molecular complexity index is 7760. The Morgan fingerprint density at radius 3 is 0.940 bits per heavy atom. The molecule has 17 aromatic carbocycles. The van der Waals surface area contributed by atoms with Crippen LogP contribution in [-0.4, -0.2) is 49.8 Å². The van der Waals surface area contributed by atoms with Crippen LogP contribution in [0.5, 0.6) is 0 Å². The average molecular weight is 1490 g/mol. The van der Waals surface area contributed by atoms with Crippen LogP contribution < -0.4 is 0 Å². The summed E-state index contributed by atoms with van der Waals surface area (Å²) in [4.78, 5) is 46.2. The molecule has 0 bridgehead atoms. The highest BCUT2D eigenvalue weighted by Crippen LogP contribution is 2.39. The number of hydrogen-bond donors (Lipinski definition) is 0. The summed E-state index contributed by atoms with van der Waals surface area (Å²) in [5.74, 6) is 3.97. The molecular formula is C105H74N10O. The Labute approximate surface area is 669 Å². The summed E-state index contributed by atoms with van der Waals surface area (Å²) in [5, 5.41) is 22.7. The van der Waals surface area contributed by atoms with E-state index in [1.54, 1.807) is 0 Å². The van der Waals surface area contributed by atoms with Crippen LogP contribution in [0.4, 0.5) is 0 Å². The van der Waals surface area contributed by atoms with Gasteiger partial charge >= 0.3 is 0 Å². The first-order valence-corrected chi connectivity index (χ1v) is 38.9. The zero-order valence-corrected chi connectivity index (χ0v) is 64.4. The van der Waals surface area contributed by atoms with Gasteiger partial charge in [0, 0.05) is 65.5 Å². The van der Waals surface area contributed by atoms with E-state index < -0.39 is 0 Å². The largest absolute Gasteiger partial charge is 0.456 e. The summed E-state index contributed by atoms with van der Waals surface area (Å²) >= 11 is 0. The smallest absolute Gasteiger partial charge is 0.136 e. The third kappa shape index (κ3) is 14.1. The quantitative estimate of drug-likeness (QED) is 0.152. The zero-order valence-electron chi connectivity index (χ0n) is 64.4. The van der Waals surface area contributed by atoms with Crippen LogP contribution in [0, 0.1) is 34.6 Å². The number of nitrogens with zero attached hydrogens (tertiary/aromatic N) is 10. The standard InChI is InChI=1S/2C23H16N2.C21H14N2O.2C19H14N2/c1-15-24-22-9-5-4-8-21(22)23(25-15)18-12-13-20-17(14-18)11-10-16-6-2-3-7-19(16)20;1-15-24-22-9-5-4-8-20(22)23(25-15)18-13-12-17-11-10-16-6-2-3-7-19(16)21(17)14-18;1-13-22-18-8-4-2-7-17(18)21(23-13)14-10-11-16-15-6-3-5-9-19(15)24-20(16)12-14;1-13-20-18-12-5-4-10-17(18)19(21-13)16-11-6-8-14-7-2-3-9-15(14)16;1-13-20-18-9-5-4-8-17(18)19(21-13)16-11-10-14-6-2-3-7-15(14)12-16/h2*2-14H,1H3;2-12H,1H3;2*2-12H,1H3. The van der Waals surface area contributed by atoms with Crippen LogP contribution in [0.1, 0.15) is 29.1 Å². The molecule has 116 heavy (non-hydrogen) atoms. The van der Waals surface area contributed by atoms with E-state index in [0.717, 1.165) is 162 Å². The lowest BCUT2D eigenvalue weighted by Crippen LogP contribution is -1.94. The Morgan fingerprint density at radius 2 is 0.448 bits per heavy atom. The van der Waals surface area contributed by atoms with Crippen molar-refractivity contribution in [3.8, 4) is 56.3 Å². The minimum Gasteiger partial charge on any atom is -0.456 e. The Morgan fingerprint density at radius 1 is 0.164 bits per heavy atom. The summed E-state index contributed by atoms with van der Waals surface area (Å²) in [5.41, 5.74) is 17.3. The van der Waals surface area contributed by atoms with Gasteiger partial charge in [0.05, 0.1) is 56.1 Å². The topological polar surface area (TPSA) is 142 Å². The first-order chi connectivity index (χ1) is 57.0. The molecule has 0 N–H and O–H groups in total. The Balaban J connectivity index is 0.0000000969. The second-order valence-electron chi connectivity index (χ2n) is 29.0. The molecule has 0 aliphatic heterocycles. The summed E-state index contributed by atoms with van der Waals surface area (Å²) < 4.78 is 6.01. The van der Waals surface area contributed by atoms with Gasteiger partial charge in [0.25, 0.3) is 0 Å². The second kappa shape index (κ2) is 30.8. The van der Waals surface area contributed by atoms with Crippen molar-refractivity contribution in [2.75, 3.05) is 0 Å². The maximum absolute atomic E-state index is 6.01. The minimum absolute atomic E-state index is 0.772. The molecule has 11 heteroatoms. The van der Waals surface area contributed by atoms with Gasteiger partial charge in [0.2, 0.25) is 0 Å². The van der Waals surface area contributed by atoms with Gasteiger partial charge in [-0.05, 0) is 166 Å². The van der Waals surface area contributed by atoms with Crippen molar-refractivity contribution in [1.29, 1.82) is 0 Å². The van der Waals surface area contributed by atoms with Crippen molar-refractivity contribution in [2.24, 2.45) is 0 Å². The van der Waals surface area contributed by atoms with Crippen molar-refractivity contribution >= 4 is 141 Å². The molecule has 23 rings (SSSR count). The van der Waals surface area contributed by atoms with E-state index in [1.807, 2.05) is 144 Å². The highest BCUT2D eigenvalue weighted by Gasteiger charge is 2.17. The molecule has 0 saturated heterocycles. The number of furan rings is 1. The Kier molecular flexibility index (Phi) is 18.9. The molecule has 0 atom stereocenters. The third-order valence-electron chi connectivity index (χ3n) is 21.3. The molecular weight excluding hydrogens is 1420 g/mol. The van der Waals surface area contributed by atoms with Gasteiger partial charge in [0.1, 0.15) is 40.3 Å². The molecule has 11 nitrogen and oxygen atoms in total. The molecule has 0 aliphatic carbocycles. The molecule has 0 fully saturated rings. The molecule has 23 aromatic rings. The maximum Gasteiger partial charge on any atom is 0.136 e. The number of hydrogen-bond acceptors (Lipinski definition) is 11. The van der Waals surface area contributed by atoms with Crippen molar-refractivity contribution in [3.05, 3.63) is 387 Å². The van der Waals surface area contributed by atoms with Crippen molar-refractivity contribution in [3.63, 3.8) is 0 Å². The Hall–Kier alpha value is -15.2. The SMILES string of the molecule is Cc1nc(-c2ccc3c(c2)oc2ccccc23)c2ccccc2n1.Cc1nc(-c2ccc3c(ccc4ccccc43)c2)c2ccccc2n1.Cc1nc(-c2ccc3ccc4ccccc4c3c2)c2ccccc2n1.Cc1nc(-c2ccc3ccccc3c2)c2ccccc2n1.Cc1nc(-c2cccc3ccccc23)c2ccccc2n1. The first-order valence-electron chi connectivity index (χ1n) is 38.9. The van der Waals surface area contributed by atoms with Gasteiger partial charge < -0.3 is 4.42 Å². The van der Waals surface area contributed by atoms with Gasteiger partial charge in [-0.2, -0.15) is 0 Å². The zero-order chi connectivity index (χ0) is 78.2. The number of fused-ring (bicyclic) bond motifs is 16. The molecule has 6 heterocycles. The van der Waals surface area contributed by atoms with Gasteiger partial charge in [-0.15, -0.1) is 0 Å². The van der Waals surface area contributed by atoms with Crippen LogP contribution >= 0.6 is 0 Å². The fourth-order valence-corrected chi connectivity index (χ4v) is 16.0. The predicted octanol–water partition coefficient (Wildman–Crippen LogP) is 26.8. The lowest BCUT2D eigenvalue weighted by Gasteiger charge is -2.10. The van der Waals surface area contributed by atoms with E-state index in [4.69, 9.17) is 19.4 Å². The summed E-state index contributed by atoms with van der Waals surface area (Å²) in [6, 6.07) is 124. The second-order valence-corrected chi connectivity index (χ2v) is 29.0. The van der Waals surface area contributed by atoms with E-state index in [-0.39, 0.29) is 0 Å². The fraction of sp³-hybridized carbons (Fsp3) is 0.0476. The normalized spacial score (nSPS) is 11.3. The molecule has 0 aliphatic rings. The van der Waals surface area contributed by atoms with Crippen molar-refractivity contribution in [2.45, 2.75) is 34.6 Å². The molecule has 6 aromatic heterocycles. The van der Waals surface area contributed by atoms with Crippen LogP contribution in [0.15, 0.2) is 362 Å². The third-order valence-corrected chi connectivity index (χ3v) is 21.3. The van der Waals surface area contributed by atoms with Gasteiger partial charge in [-0.1, -0.05) is 291 Å². The molecule has 550 valence electrons. The number of aromatic nitrogens is 10. The fourth-order valence-electron chi connectivity index (χ4n) is 16.0. The molecule has 0 saturated carbocycles. The monoisotopic (exact) mass is 1490 g/mol. The average Bonchev–Trinajstić information content (AvgIpc) is 1.30. The van der Waals surface area contributed by atoms with Crippen LogP contribution in [0.25, 0.3) is 197 Å². The van der Waals surface area contributed by atoms with Crippen molar-refractivity contribution in [1.82, 2.24) is 49.8 Å². The highest BCUT2D eigenvalue weighted by molar-refractivity contribution is 6.12. The van der Waals surface area contributed by atoms with Crippen LogP contribution in [0.3, 0.4) is 0 Å². The van der Waals surface area contributed by atoms with Crippen LogP contribution in [-0.2, 0) is 0 Å². The van der Waals surface area contributed by atoms with E-state index in [2.05, 4.69) is 284 Å². The molecule has 0 unspecified atom stereocenters. The van der Waals surface area contributed by atoms with Gasteiger partial charge in [-0.3, -0.25) is 0 Å². The minimum atomic E-state index is 0.772. The number of benzene rings is 17. The molecule has 0 spiro atoms. The van der Waals surface area contributed by atoms with E-state index in [1.165, 1.54) is 64.6 Å². The summed E-state index contributed by atoms with van der Waals surface area (Å²) in [6.07, 6.45) is 0. The summed E-state index contributed by atoms with van der Waals surface area (Å²) in [6.45, 7) is 9.71. The van der Waals surface area contributed by atoms with E-state index >= 15 is 0 Å². The van der Waals surface area contributed by atoms with Crippen LogP contribution in [0.2, 0.25) is 0 Å². The number of rotatable bonds is 5. The number of para-hydroxylation sites is 6. The number of aryl methyl sites for hydroxylation is 5. The lowest BCUT2D eigenvalue weighted by atomic mass is 9.98. The summed E-state index contributed by atoms with van der Waals surface area (Å²) in [7, 11) is 0. The van der Waals surface area contributed by atoms with Gasteiger partial charge in [-0.25, -0.2) is 49.8 Å².